The Morgan fingerprint density at radius 3 is 2.22 bits per heavy atom. The standard InChI is InChI=1S/C28H33NO3/c1-28(2,29-18-17-22-12-16-26(31-4)27(19-22)32-5)25-20-24(30-3)15-14-23(25)13-11-21-9-7-6-8-10-21/h6-16,19-20,29H,17-18H2,1-5H3. The van der Waals surface area contributed by atoms with E-state index in [1.807, 2.05) is 36.4 Å². The van der Waals surface area contributed by atoms with E-state index in [4.69, 9.17) is 14.2 Å². The molecule has 0 unspecified atom stereocenters. The maximum Gasteiger partial charge on any atom is 0.160 e. The van der Waals surface area contributed by atoms with E-state index in [9.17, 15) is 0 Å². The van der Waals surface area contributed by atoms with E-state index in [1.165, 1.54) is 22.3 Å². The minimum absolute atomic E-state index is 0.249. The Morgan fingerprint density at radius 1 is 0.781 bits per heavy atom. The second kappa shape index (κ2) is 10.9. The summed E-state index contributed by atoms with van der Waals surface area (Å²) >= 11 is 0. The highest BCUT2D eigenvalue weighted by molar-refractivity contribution is 5.72. The highest BCUT2D eigenvalue weighted by Gasteiger charge is 2.23. The Hall–Kier alpha value is -3.24. The molecule has 0 aliphatic heterocycles. The van der Waals surface area contributed by atoms with E-state index in [1.54, 1.807) is 21.3 Å². The first kappa shape index (κ1) is 23.4. The number of methoxy groups -OCH3 is 3. The summed E-state index contributed by atoms with van der Waals surface area (Å²) in [4.78, 5) is 0. The number of benzene rings is 3. The topological polar surface area (TPSA) is 39.7 Å². The molecule has 4 heteroatoms. The predicted octanol–water partition coefficient (Wildman–Crippen LogP) is 5.95. The number of hydrogen-bond acceptors (Lipinski definition) is 4. The van der Waals surface area contributed by atoms with Crippen molar-refractivity contribution in [2.75, 3.05) is 27.9 Å². The smallest absolute Gasteiger partial charge is 0.160 e. The lowest BCUT2D eigenvalue weighted by Crippen LogP contribution is -2.38. The zero-order chi connectivity index (χ0) is 23.0. The van der Waals surface area contributed by atoms with Crippen molar-refractivity contribution in [3.63, 3.8) is 0 Å². The van der Waals surface area contributed by atoms with Crippen molar-refractivity contribution >= 4 is 12.2 Å². The van der Waals surface area contributed by atoms with Crippen molar-refractivity contribution in [2.45, 2.75) is 25.8 Å². The SMILES string of the molecule is COc1ccc(C=Cc2ccccc2)c(C(C)(C)NCCc2ccc(OC)c(OC)c2)c1. The van der Waals surface area contributed by atoms with Gasteiger partial charge in [-0.05, 0) is 73.3 Å². The molecular formula is C28H33NO3. The molecule has 3 aromatic rings. The second-order valence-corrected chi connectivity index (χ2v) is 8.19. The fourth-order valence-electron chi connectivity index (χ4n) is 3.75. The molecule has 1 N–H and O–H groups in total. The van der Waals surface area contributed by atoms with Crippen LogP contribution in [0.1, 0.15) is 36.1 Å². The molecule has 3 aromatic carbocycles. The van der Waals surface area contributed by atoms with Crippen LogP contribution in [0.4, 0.5) is 0 Å². The third-order valence-electron chi connectivity index (χ3n) is 5.62. The van der Waals surface area contributed by atoms with E-state index >= 15 is 0 Å². The van der Waals surface area contributed by atoms with Crippen LogP contribution in [0.2, 0.25) is 0 Å². The van der Waals surface area contributed by atoms with Crippen molar-refractivity contribution in [1.82, 2.24) is 5.32 Å². The molecule has 4 nitrogen and oxygen atoms in total. The quantitative estimate of drug-likeness (QED) is 0.403. The zero-order valence-corrected chi connectivity index (χ0v) is 19.6. The summed E-state index contributed by atoms with van der Waals surface area (Å²) in [6.45, 7) is 5.23. The molecule has 3 rings (SSSR count). The third-order valence-corrected chi connectivity index (χ3v) is 5.62. The highest BCUT2D eigenvalue weighted by atomic mass is 16.5. The average molecular weight is 432 g/mol. The largest absolute Gasteiger partial charge is 0.497 e. The normalized spacial score (nSPS) is 11.5. The van der Waals surface area contributed by atoms with Gasteiger partial charge in [-0.15, -0.1) is 0 Å². The van der Waals surface area contributed by atoms with Crippen LogP contribution in [0.3, 0.4) is 0 Å². The Bertz CT molecular complexity index is 1040. The van der Waals surface area contributed by atoms with Gasteiger partial charge in [0, 0.05) is 5.54 Å². The maximum absolute atomic E-state index is 5.51. The molecule has 0 heterocycles. The van der Waals surface area contributed by atoms with Crippen LogP contribution in [0.25, 0.3) is 12.2 Å². The molecule has 0 saturated carbocycles. The third kappa shape index (κ3) is 5.92. The van der Waals surface area contributed by atoms with Gasteiger partial charge in [0.25, 0.3) is 0 Å². The summed E-state index contributed by atoms with van der Waals surface area (Å²) in [7, 11) is 5.02. The van der Waals surface area contributed by atoms with Gasteiger partial charge in [0.1, 0.15) is 5.75 Å². The van der Waals surface area contributed by atoms with E-state index in [0.717, 1.165) is 30.2 Å². The zero-order valence-electron chi connectivity index (χ0n) is 19.6. The minimum atomic E-state index is -0.249. The summed E-state index contributed by atoms with van der Waals surface area (Å²) in [5.41, 5.74) is 4.48. The van der Waals surface area contributed by atoms with Gasteiger partial charge in [0.2, 0.25) is 0 Å². The molecule has 0 bridgehead atoms. The summed E-state index contributed by atoms with van der Waals surface area (Å²) in [5.74, 6) is 2.35. The monoisotopic (exact) mass is 431 g/mol. The molecule has 0 aliphatic carbocycles. The van der Waals surface area contributed by atoms with Crippen LogP contribution < -0.4 is 19.5 Å². The molecule has 0 fully saturated rings. The minimum Gasteiger partial charge on any atom is -0.497 e. The Balaban J connectivity index is 1.77. The van der Waals surface area contributed by atoms with Crippen molar-refractivity contribution in [2.24, 2.45) is 0 Å². The number of nitrogens with one attached hydrogen (secondary N) is 1. The molecule has 32 heavy (non-hydrogen) atoms. The van der Waals surface area contributed by atoms with Gasteiger partial charge in [-0.3, -0.25) is 0 Å². The molecule has 0 atom stereocenters. The Morgan fingerprint density at radius 2 is 1.53 bits per heavy atom. The fraction of sp³-hybridized carbons (Fsp3) is 0.286. The first-order chi connectivity index (χ1) is 15.5. The Kier molecular flexibility index (Phi) is 7.96. The number of hydrogen-bond donors (Lipinski definition) is 1. The van der Waals surface area contributed by atoms with Crippen LogP contribution in [0.15, 0.2) is 66.7 Å². The van der Waals surface area contributed by atoms with E-state index in [-0.39, 0.29) is 5.54 Å². The lowest BCUT2D eigenvalue weighted by molar-refractivity contribution is 0.354. The van der Waals surface area contributed by atoms with Crippen LogP contribution in [0.5, 0.6) is 17.2 Å². The van der Waals surface area contributed by atoms with Gasteiger partial charge in [-0.1, -0.05) is 54.6 Å². The van der Waals surface area contributed by atoms with Crippen LogP contribution >= 0.6 is 0 Å². The van der Waals surface area contributed by atoms with Crippen LogP contribution in [-0.2, 0) is 12.0 Å². The van der Waals surface area contributed by atoms with E-state index in [2.05, 4.69) is 61.6 Å². The molecule has 0 spiro atoms. The van der Waals surface area contributed by atoms with E-state index < -0.39 is 0 Å². The van der Waals surface area contributed by atoms with Gasteiger partial charge in [-0.2, -0.15) is 0 Å². The first-order valence-corrected chi connectivity index (χ1v) is 10.8. The average Bonchev–Trinajstić information content (AvgIpc) is 2.83. The lowest BCUT2D eigenvalue weighted by Gasteiger charge is -2.29. The summed E-state index contributed by atoms with van der Waals surface area (Å²) in [6, 6.07) is 22.6. The molecular weight excluding hydrogens is 398 g/mol. The second-order valence-electron chi connectivity index (χ2n) is 8.19. The van der Waals surface area contributed by atoms with E-state index in [0.29, 0.717) is 0 Å². The van der Waals surface area contributed by atoms with Gasteiger partial charge in [0.05, 0.1) is 21.3 Å². The Labute approximate surface area is 191 Å². The molecule has 0 saturated heterocycles. The fourth-order valence-corrected chi connectivity index (χ4v) is 3.75. The molecule has 0 radical (unpaired) electrons. The van der Waals surface area contributed by atoms with Crippen molar-refractivity contribution in [1.29, 1.82) is 0 Å². The van der Waals surface area contributed by atoms with Crippen molar-refractivity contribution in [3.8, 4) is 17.2 Å². The van der Waals surface area contributed by atoms with Gasteiger partial charge >= 0.3 is 0 Å². The summed E-state index contributed by atoms with van der Waals surface area (Å²) < 4.78 is 16.3. The number of rotatable bonds is 10. The lowest BCUT2D eigenvalue weighted by atomic mass is 9.89. The molecule has 0 amide bonds. The van der Waals surface area contributed by atoms with Crippen molar-refractivity contribution in [3.05, 3.63) is 89.0 Å². The molecule has 0 aromatic heterocycles. The van der Waals surface area contributed by atoms with Crippen LogP contribution in [-0.4, -0.2) is 27.9 Å². The van der Waals surface area contributed by atoms with Crippen molar-refractivity contribution < 1.29 is 14.2 Å². The van der Waals surface area contributed by atoms with Crippen LogP contribution in [0, 0.1) is 0 Å². The van der Waals surface area contributed by atoms with Gasteiger partial charge in [0.15, 0.2) is 11.5 Å². The highest BCUT2D eigenvalue weighted by Crippen LogP contribution is 2.30. The molecule has 0 aliphatic rings. The number of ether oxygens (including phenoxy) is 3. The summed E-state index contributed by atoms with van der Waals surface area (Å²) in [5, 5.41) is 3.72. The summed E-state index contributed by atoms with van der Waals surface area (Å²) in [6.07, 6.45) is 5.19. The maximum atomic E-state index is 5.51. The predicted molar refractivity (Wildman–Crippen MR) is 133 cm³/mol. The van der Waals surface area contributed by atoms with Gasteiger partial charge < -0.3 is 19.5 Å². The molecule has 168 valence electrons. The van der Waals surface area contributed by atoms with Gasteiger partial charge in [-0.25, -0.2) is 0 Å². The first-order valence-electron chi connectivity index (χ1n) is 10.8.